The highest BCUT2D eigenvalue weighted by atomic mass is 79.9. The number of benzene rings is 1. The van der Waals surface area contributed by atoms with Gasteiger partial charge >= 0.3 is 0 Å². The van der Waals surface area contributed by atoms with Gasteiger partial charge in [0.05, 0.1) is 12.1 Å². The van der Waals surface area contributed by atoms with E-state index in [1.54, 1.807) is 36.2 Å². The van der Waals surface area contributed by atoms with Gasteiger partial charge in [0.2, 0.25) is 5.91 Å². The number of hydrogen-bond acceptors (Lipinski definition) is 4. The van der Waals surface area contributed by atoms with Crippen molar-refractivity contribution in [1.82, 2.24) is 10.2 Å². The SMILES string of the molecule is CN(CCN)CC(=O)NC(=O)c1ccccc1Br. The molecule has 5 nitrogen and oxygen atoms in total. The van der Waals surface area contributed by atoms with E-state index in [1.807, 2.05) is 0 Å². The number of imide groups is 1. The van der Waals surface area contributed by atoms with Crippen molar-refractivity contribution in [1.29, 1.82) is 0 Å². The summed E-state index contributed by atoms with van der Waals surface area (Å²) in [5.41, 5.74) is 5.81. The van der Waals surface area contributed by atoms with Crippen molar-refractivity contribution in [3.05, 3.63) is 34.3 Å². The number of nitrogens with one attached hydrogen (secondary N) is 1. The van der Waals surface area contributed by atoms with Gasteiger partial charge < -0.3 is 5.73 Å². The summed E-state index contributed by atoms with van der Waals surface area (Å²) in [5.74, 6) is -0.750. The van der Waals surface area contributed by atoms with Crippen LogP contribution in [0.3, 0.4) is 0 Å². The largest absolute Gasteiger partial charge is 0.329 e. The summed E-state index contributed by atoms with van der Waals surface area (Å²) >= 11 is 3.26. The van der Waals surface area contributed by atoms with Crippen molar-refractivity contribution in [2.24, 2.45) is 5.73 Å². The highest BCUT2D eigenvalue weighted by molar-refractivity contribution is 9.10. The summed E-state index contributed by atoms with van der Waals surface area (Å²) in [7, 11) is 1.77. The Labute approximate surface area is 114 Å². The molecule has 0 spiro atoms. The van der Waals surface area contributed by atoms with Crippen LogP contribution in [0.1, 0.15) is 10.4 Å². The lowest BCUT2D eigenvalue weighted by Gasteiger charge is -2.14. The third kappa shape index (κ3) is 4.56. The van der Waals surface area contributed by atoms with Crippen LogP contribution in [-0.4, -0.2) is 43.4 Å². The highest BCUT2D eigenvalue weighted by Gasteiger charge is 2.13. The van der Waals surface area contributed by atoms with Gasteiger partial charge in [-0.25, -0.2) is 0 Å². The average molecular weight is 314 g/mol. The van der Waals surface area contributed by atoms with E-state index in [-0.39, 0.29) is 12.5 Å². The lowest BCUT2D eigenvalue weighted by atomic mass is 10.2. The minimum Gasteiger partial charge on any atom is -0.329 e. The predicted octanol–water partition coefficient (Wildman–Crippen LogP) is 0.596. The first-order chi connectivity index (χ1) is 8.54. The summed E-state index contributed by atoms with van der Waals surface area (Å²) in [6.45, 7) is 1.23. The maximum atomic E-state index is 11.8. The number of hydrogen-bond donors (Lipinski definition) is 2. The van der Waals surface area contributed by atoms with Crippen molar-refractivity contribution >= 4 is 27.7 Å². The quantitative estimate of drug-likeness (QED) is 0.834. The molecule has 0 atom stereocenters. The van der Waals surface area contributed by atoms with Crippen LogP contribution in [0.2, 0.25) is 0 Å². The molecule has 0 saturated carbocycles. The third-order valence-corrected chi connectivity index (χ3v) is 2.99. The smallest absolute Gasteiger partial charge is 0.259 e. The number of carbonyl (C=O) groups excluding carboxylic acids is 2. The Bertz CT molecular complexity index is 437. The minimum atomic E-state index is -0.409. The van der Waals surface area contributed by atoms with E-state index in [2.05, 4.69) is 21.2 Å². The Hall–Kier alpha value is -1.24. The van der Waals surface area contributed by atoms with Gasteiger partial charge in [-0.05, 0) is 35.1 Å². The fourth-order valence-corrected chi connectivity index (χ4v) is 1.89. The van der Waals surface area contributed by atoms with Crippen molar-refractivity contribution in [2.75, 3.05) is 26.7 Å². The van der Waals surface area contributed by atoms with E-state index in [4.69, 9.17) is 5.73 Å². The lowest BCUT2D eigenvalue weighted by molar-refractivity contribution is -0.120. The fourth-order valence-electron chi connectivity index (χ4n) is 1.42. The van der Waals surface area contributed by atoms with Gasteiger partial charge in [-0.3, -0.25) is 19.8 Å². The van der Waals surface area contributed by atoms with E-state index in [0.717, 1.165) is 0 Å². The molecule has 98 valence electrons. The Morgan fingerprint density at radius 3 is 2.67 bits per heavy atom. The summed E-state index contributed by atoms with van der Waals surface area (Å²) in [4.78, 5) is 25.2. The molecule has 0 aromatic heterocycles. The Morgan fingerprint density at radius 1 is 1.39 bits per heavy atom. The van der Waals surface area contributed by atoms with Gasteiger partial charge in [-0.15, -0.1) is 0 Å². The van der Waals surface area contributed by atoms with Crippen LogP contribution in [0.5, 0.6) is 0 Å². The molecule has 0 fully saturated rings. The first kappa shape index (κ1) is 14.8. The molecule has 0 saturated heterocycles. The monoisotopic (exact) mass is 313 g/mol. The predicted molar refractivity (Wildman–Crippen MR) is 73.2 cm³/mol. The summed E-state index contributed by atoms with van der Waals surface area (Å²) in [5, 5.41) is 2.34. The van der Waals surface area contributed by atoms with Gasteiger partial charge in [-0.2, -0.15) is 0 Å². The maximum Gasteiger partial charge on any atom is 0.259 e. The number of halogens is 1. The third-order valence-electron chi connectivity index (χ3n) is 2.30. The van der Waals surface area contributed by atoms with Gasteiger partial charge in [-0.1, -0.05) is 12.1 Å². The molecular weight excluding hydrogens is 298 g/mol. The summed E-state index contributed by atoms with van der Waals surface area (Å²) in [6, 6.07) is 6.94. The number of likely N-dealkylation sites (N-methyl/N-ethyl adjacent to an activating group) is 1. The van der Waals surface area contributed by atoms with Crippen LogP contribution in [0.4, 0.5) is 0 Å². The lowest BCUT2D eigenvalue weighted by Crippen LogP contribution is -2.40. The zero-order chi connectivity index (χ0) is 13.5. The zero-order valence-electron chi connectivity index (χ0n) is 10.1. The minimum absolute atomic E-state index is 0.146. The van der Waals surface area contributed by atoms with E-state index in [0.29, 0.717) is 23.1 Å². The number of rotatable bonds is 5. The summed E-state index contributed by atoms with van der Waals surface area (Å²) in [6.07, 6.45) is 0. The second-order valence-corrected chi connectivity index (χ2v) is 4.74. The van der Waals surface area contributed by atoms with Crippen LogP contribution < -0.4 is 11.1 Å². The molecule has 1 aromatic carbocycles. The molecule has 0 aliphatic carbocycles. The van der Waals surface area contributed by atoms with Gasteiger partial charge in [0.25, 0.3) is 5.91 Å². The second kappa shape index (κ2) is 7.25. The average Bonchev–Trinajstić information content (AvgIpc) is 2.29. The number of amides is 2. The van der Waals surface area contributed by atoms with Gasteiger partial charge in [0, 0.05) is 17.6 Å². The molecule has 0 aliphatic rings. The molecule has 18 heavy (non-hydrogen) atoms. The van der Waals surface area contributed by atoms with E-state index in [9.17, 15) is 9.59 Å². The molecule has 1 rings (SSSR count). The van der Waals surface area contributed by atoms with E-state index < -0.39 is 5.91 Å². The number of nitrogens with two attached hydrogens (primary N) is 1. The molecule has 3 N–H and O–H groups in total. The first-order valence-electron chi connectivity index (χ1n) is 5.52. The normalized spacial score (nSPS) is 10.4. The molecule has 0 radical (unpaired) electrons. The maximum absolute atomic E-state index is 11.8. The number of carbonyl (C=O) groups is 2. The van der Waals surface area contributed by atoms with Crippen LogP contribution in [-0.2, 0) is 4.79 Å². The fraction of sp³-hybridized carbons (Fsp3) is 0.333. The number of nitrogens with zero attached hydrogens (tertiary/aromatic N) is 1. The molecule has 1 aromatic rings. The first-order valence-corrected chi connectivity index (χ1v) is 6.31. The zero-order valence-corrected chi connectivity index (χ0v) is 11.7. The van der Waals surface area contributed by atoms with Gasteiger partial charge in [0.1, 0.15) is 0 Å². The van der Waals surface area contributed by atoms with Crippen molar-refractivity contribution < 1.29 is 9.59 Å². The molecule has 2 amide bonds. The Morgan fingerprint density at radius 2 is 2.06 bits per heavy atom. The van der Waals surface area contributed by atoms with Crippen molar-refractivity contribution in [2.45, 2.75) is 0 Å². The van der Waals surface area contributed by atoms with Gasteiger partial charge in [0.15, 0.2) is 0 Å². The topological polar surface area (TPSA) is 75.4 Å². The van der Waals surface area contributed by atoms with Crippen LogP contribution in [0.25, 0.3) is 0 Å². The van der Waals surface area contributed by atoms with Crippen LogP contribution in [0, 0.1) is 0 Å². The molecule has 6 heteroatoms. The standard InChI is InChI=1S/C12H16BrN3O2/c1-16(7-6-14)8-11(17)15-12(18)9-4-2-3-5-10(9)13/h2-5H,6-8,14H2,1H3,(H,15,17,18). The molecule has 0 heterocycles. The molecule has 0 bridgehead atoms. The second-order valence-electron chi connectivity index (χ2n) is 3.88. The van der Waals surface area contributed by atoms with E-state index >= 15 is 0 Å². The van der Waals surface area contributed by atoms with Crippen molar-refractivity contribution in [3.8, 4) is 0 Å². The van der Waals surface area contributed by atoms with Crippen molar-refractivity contribution in [3.63, 3.8) is 0 Å². The molecule has 0 aliphatic heterocycles. The molecular formula is C12H16BrN3O2. The van der Waals surface area contributed by atoms with Crippen LogP contribution >= 0.6 is 15.9 Å². The van der Waals surface area contributed by atoms with E-state index in [1.165, 1.54) is 0 Å². The molecule has 0 unspecified atom stereocenters. The Balaban J connectivity index is 2.55. The van der Waals surface area contributed by atoms with Crippen LogP contribution in [0.15, 0.2) is 28.7 Å². The Kier molecular flexibility index (Phi) is 5.97. The highest BCUT2D eigenvalue weighted by Crippen LogP contribution is 2.15. The summed E-state index contributed by atoms with van der Waals surface area (Å²) < 4.78 is 0.658.